The van der Waals surface area contributed by atoms with E-state index in [-0.39, 0.29) is 17.1 Å². The molecule has 4 rings (SSSR count). The van der Waals surface area contributed by atoms with E-state index in [1.807, 2.05) is 68.6 Å². The Hall–Kier alpha value is -2.79. The Morgan fingerprint density at radius 2 is 1.85 bits per heavy atom. The van der Waals surface area contributed by atoms with Gasteiger partial charge in [0, 0.05) is 43.8 Å². The maximum Gasteiger partial charge on any atom is 0.243 e. The summed E-state index contributed by atoms with van der Waals surface area (Å²) >= 11 is 1.41. The molecule has 1 saturated heterocycles. The average Bonchev–Trinajstić information content (AvgIpc) is 3.28. The fourth-order valence-corrected chi connectivity index (χ4v) is 6.08. The van der Waals surface area contributed by atoms with Crippen LogP contribution >= 0.6 is 11.3 Å². The molecule has 3 aromatic rings. The summed E-state index contributed by atoms with van der Waals surface area (Å²) in [4.78, 5) is 6.86. The van der Waals surface area contributed by atoms with Crippen LogP contribution < -0.4 is 10.3 Å². The molecule has 2 aromatic carbocycles. The van der Waals surface area contributed by atoms with Crippen LogP contribution in [0.5, 0.6) is 0 Å². The van der Waals surface area contributed by atoms with E-state index in [0.717, 1.165) is 16.8 Å². The minimum absolute atomic E-state index is 0.139. The van der Waals surface area contributed by atoms with Crippen LogP contribution in [0, 0.1) is 0 Å². The predicted molar refractivity (Wildman–Crippen MR) is 138 cm³/mol. The van der Waals surface area contributed by atoms with Crippen molar-refractivity contribution in [3.05, 3.63) is 59.5 Å². The number of thiazole rings is 1. The van der Waals surface area contributed by atoms with Crippen molar-refractivity contribution >= 4 is 38.4 Å². The first-order valence-electron chi connectivity index (χ1n) is 11.0. The average molecular weight is 500 g/mol. The van der Waals surface area contributed by atoms with E-state index in [9.17, 15) is 8.42 Å². The van der Waals surface area contributed by atoms with Gasteiger partial charge in [-0.05, 0) is 43.7 Å². The molecule has 0 spiro atoms. The van der Waals surface area contributed by atoms with Crippen LogP contribution in [0.3, 0.4) is 0 Å². The van der Waals surface area contributed by atoms with Gasteiger partial charge in [-0.2, -0.15) is 9.41 Å². The summed E-state index contributed by atoms with van der Waals surface area (Å²) in [5, 5.41) is 6.78. The Labute approximate surface area is 204 Å². The molecule has 8 nitrogen and oxygen atoms in total. The lowest BCUT2D eigenvalue weighted by molar-refractivity contribution is -0.0440. The Morgan fingerprint density at radius 1 is 1.15 bits per heavy atom. The molecule has 180 valence electrons. The molecule has 0 amide bonds. The first kappa shape index (κ1) is 24.3. The number of rotatable bonds is 7. The lowest BCUT2D eigenvalue weighted by Crippen LogP contribution is -2.48. The fraction of sp³-hybridized carbons (Fsp3) is 0.333. The zero-order chi connectivity index (χ0) is 24.3. The number of nitrogens with one attached hydrogen (secondary N) is 1. The molecule has 1 aromatic heterocycles. The monoisotopic (exact) mass is 499 g/mol. The number of anilines is 2. The minimum atomic E-state index is -3.62. The summed E-state index contributed by atoms with van der Waals surface area (Å²) in [6.45, 7) is 4.47. The third-order valence-electron chi connectivity index (χ3n) is 5.44. The highest BCUT2D eigenvalue weighted by atomic mass is 32.2. The van der Waals surface area contributed by atoms with Gasteiger partial charge in [0.05, 0.1) is 29.0 Å². The van der Waals surface area contributed by atoms with E-state index < -0.39 is 10.0 Å². The number of hydrazone groups is 1. The van der Waals surface area contributed by atoms with Gasteiger partial charge in [-0.15, -0.1) is 11.3 Å². The SMILES string of the molecule is CC1CN(S(=O)(=O)c2cccc(-c3csc(N/N=C/c4ccc(N(C)C)cc4)n3)c2)CC(C)O1. The van der Waals surface area contributed by atoms with E-state index in [1.54, 1.807) is 24.4 Å². The molecule has 2 heterocycles. The fourth-order valence-electron chi connectivity index (χ4n) is 3.77. The second-order valence-corrected chi connectivity index (χ2v) is 11.3. The minimum Gasteiger partial charge on any atom is -0.378 e. The van der Waals surface area contributed by atoms with Crippen LogP contribution in [0.1, 0.15) is 19.4 Å². The number of nitrogens with zero attached hydrogens (tertiary/aromatic N) is 4. The van der Waals surface area contributed by atoms with Gasteiger partial charge in [0.1, 0.15) is 0 Å². The van der Waals surface area contributed by atoms with E-state index in [1.165, 1.54) is 15.6 Å². The van der Waals surface area contributed by atoms with Gasteiger partial charge >= 0.3 is 0 Å². The van der Waals surface area contributed by atoms with E-state index in [2.05, 4.69) is 15.5 Å². The van der Waals surface area contributed by atoms with E-state index >= 15 is 0 Å². The topological polar surface area (TPSA) is 87.1 Å². The summed E-state index contributed by atoms with van der Waals surface area (Å²) in [5.41, 5.74) is 6.48. The molecule has 0 radical (unpaired) electrons. The molecule has 0 aliphatic carbocycles. The van der Waals surface area contributed by atoms with Crippen molar-refractivity contribution in [2.75, 3.05) is 37.5 Å². The number of hydrogen-bond acceptors (Lipinski definition) is 8. The largest absolute Gasteiger partial charge is 0.378 e. The smallest absolute Gasteiger partial charge is 0.243 e. The molecule has 10 heteroatoms. The first-order chi connectivity index (χ1) is 16.2. The predicted octanol–water partition coefficient (Wildman–Crippen LogP) is 4.12. The standard InChI is InChI=1S/C24H29N5O3S2/c1-17-14-29(15-18(2)32-17)34(30,31)22-7-5-6-20(12-22)23-16-33-24(26-23)27-25-13-19-8-10-21(11-9-19)28(3)4/h5-13,16-18H,14-15H2,1-4H3,(H,26,27)/b25-13+. The van der Waals surface area contributed by atoms with Crippen LogP contribution in [0.2, 0.25) is 0 Å². The number of hydrogen-bond donors (Lipinski definition) is 1. The van der Waals surface area contributed by atoms with Crippen molar-refractivity contribution in [2.45, 2.75) is 31.0 Å². The Kier molecular flexibility index (Phi) is 7.32. The molecule has 1 fully saturated rings. The number of ether oxygens (including phenoxy) is 1. The Morgan fingerprint density at radius 3 is 2.53 bits per heavy atom. The highest BCUT2D eigenvalue weighted by Gasteiger charge is 2.32. The Balaban J connectivity index is 1.46. The zero-order valence-corrected chi connectivity index (χ0v) is 21.3. The van der Waals surface area contributed by atoms with Crippen molar-refractivity contribution in [2.24, 2.45) is 5.10 Å². The van der Waals surface area contributed by atoms with Crippen molar-refractivity contribution < 1.29 is 13.2 Å². The molecule has 0 saturated carbocycles. The number of sulfonamides is 1. The van der Waals surface area contributed by atoms with Crippen LogP contribution in [0.15, 0.2) is 63.9 Å². The van der Waals surface area contributed by atoms with Gasteiger partial charge in [0.25, 0.3) is 0 Å². The number of benzene rings is 2. The quantitative estimate of drug-likeness (QED) is 0.389. The highest BCUT2D eigenvalue weighted by Crippen LogP contribution is 2.28. The molecule has 2 atom stereocenters. The molecular weight excluding hydrogens is 470 g/mol. The molecule has 1 aliphatic rings. The first-order valence-corrected chi connectivity index (χ1v) is 13.3. The molecular formula is C24H29N5O3S2. The Bertz CT molecular complexity index is 1250. The molecule has 0 bridgehead atoms. The summed E-state index contributed by atoms with van der Waals surface area (Å²) in [6.07, 6.45) is 1.46. The van der Waals surface area contributed by atoms with Crippen LogP contribution in [-0.2, 0) is 14.8 Å². The van der Waals surface area contributed by atoms with Crippen LogP contribution in [-0.4, -0.2) is 63.3 Å². The van der Waals surface area contributed by atoms with Gasteiger partial charge in [-0.3, -0.25) is 5.43 Å². The maximum atomic E-state index is 13.2. The van der Waals surface area contributed by atoms with Crippen molar-refractivity contribution in [1.29, 1.82) is 0 Å². The second kappa shape index (κ2) is 10.2. The van der Waals surface area contributed by atoms with Gasteiger partial charge in [-0.1, -0.05) is 24.3 Å². The second-order valence-electron chi connectivity index (χ2n) is 8.50. The van der Waals surface area contributed by atoms with E-state index in [0.29, 0.717) is 23.9 Å². The molecule has 34 heavy (non-hydrogen) atoms. The molecule has 2 unspecified atom stereocenters. The zero-order valence-electron chi connectivity index (χ0n) is 19.7. The van der Waals surface area contributed by atoms with E-state index in [4.69, 9.17) is 4.74 Å². The van der Waals surface area contributed by atoms with Crippen molar-refractivity contribution in [1.82, 2.24) is 9.29 Å². The summed E-state index contributed by atoms with van der Waals surface area (Å²) in [6, 6.07) is 15.0. The summed E-state index contributed by atoms with van der Waals surface area (Å²) < 4.78 is 33.6. The lowest BCUT2D eigenvalue weighted by Gasteiger charge is -2.34. The van der Waals surface area contributed by atoms with Crippen LogP contribution in [0.4, 0.5) is 10.8 Å². The highest BCUT2D eigenvalue weighted by molar-refractivity contribution is 7.89. The normalized spacial score (nSPS) is 19.4. The maximum absolute atomic E-state index is 13.2. The van der Waals surface area contributed by atoms with Crippen molar-refractivity contribution in [3.63, 3.8) is 0 Å². The lowest BCUT2D eigenvalue weighted by atomic mass is 10.2. The molecule has 1 N–H and O–H groups in total. The summed E-state index contributed by atoms with van der Waals surface area (Å²) in [5.74, 6) is 0. The number of aromatic nitrogens is 1. The van der Waals surface area contributed by atoms with Gasteiger partial charge in [0.2, 0.25) is 15.2 Å². The van der Waals surface area contributed by atoms with Gasteiger partial charge in [0.15, 0.2) is 0 Å². The number of morpholine rings is 1. The third kappa shape index (κ3) is 5.64. The third-order valence-corrected chi connectivity index (χ3v) is 8.02. The van der Waals surface area contributed by atoms with Crippen LogP contribution in [0.25, 0.3) is 11.3 Å². The summed E-state index contributed by atoms with van der Waals surface area (Å²) in [7, 11) is 0.381. The van der Waals surface area contributed by atoms with Gasteiger partial charge < -0.3 is 9.64 Å². The van der Waals surface area contributed by atoms with Crippen molar-refractivity contribution in [3.8, 4) is 11.3 Å². The molecule has 1 aliphatic heterocycles. The van der Waals surface area contributed by atoms with Gasteiger partial charge in [-0.25, -0.2) is 13.4 Å².